The Labute approximate surface area is 237 Å². The number of carbonyl (C=O) groups excluding carboxylic acids is 1. The quantitative estimate of drug-likeness (QED) is 0.257. The Balaban J connectivity index is 1.31. The Hall–Kier alpha value is -3.84. The third-order valence-electron chi connectivity index (χ3n) is 7.67. The summed E-state index contributed by atoms with van der Waals surface area (Å²) in [5, 5.41) is 12.8. The van der Waals surface area contributed by atoms with Crippen LogP contribution in [0.4, 0.5) is 16.3 Å². The standard InChI is InChI=1S/C33H41N5O2/c1-23-10-12-25(13-11-23)38-31(22-30(36-38)33(3,4)5)35-32(39)34-28-14-15-29(27-9-7-6-8-26(27)28)40-21-20-37-18-16-24(2)17-19-37/h6-15,22,24H,16-21H2,1-5H3,(H2,34,35,39). The van der Waals surface area contributed by atoms with Crippen molar-refractivity contribution in [2.24, 2.45) is 5.92 Å². The van der Waals surface area contributed by atoms with Crippen molar-refractivity contribution in [1.29, 1.82) is 0 Å². The molecule has 1 saturated heterocycles. The van der Waals surface area contributed by atoms with Gasteiger partial charge in [-0.15, -0.1) is 0 Å². The Morgan fingerprint density at radius 3 is 2.38 bits per heavy atom. The molecule has 2 heterocycles. The average molecular weight is 540 g/mol. The van der Waals surface area contributed by atoms with Crippen molar-refractivity contribution in [3.63, 3.8) is 0 Å². The molecule has 1 aliphatic rings. The van der Waals surface area contributed by atoms with Crippen molar-refractivity contribution in [3.05, 3.63) is 78.0 Å². The molecule has 7 nitrogen and oxygen atoms in total. The van der Waals surface area contributed by atoms with E-state index in [1.165, 1.54) is 18.4 Å². The second-order valence-corrected chi connectivity index (χ2v) is 12.0. The van der Waals surface area contributed by atoms with E-state index in [2.05, 4.69) is 50.2 Å². The van der Waals surface area contributed by atoms with Crippen molar-refractivity contribution in [2.45, 2.75) is 52.9 Å². The van der Waals surface area contributed by atoms with Gasteiger partial charge in [0.1, 0.15) is 18.2 Å². The minimum Gasteiger partial charge on any atom is -0.492 e. The van der Waals surface area contributed by atoms with E-state index in [0.29, 0.717) is 12.4 Å². The first-order valence-electron chi connectivity index (χ1n) is 14.3. The molecule has 40 heavy (non-hydrogen) atoms. The second-order valence-electron chi connectivity index (χ2n) is 12.0. The van der Waals surface area contributed by atoms with Gasteiger partial charge in [0.05, 0.1) is 17.1 Å². The summed E-state index contributed by atoms with van der Waals surface area (Å²) in [4.78, 5) is 15.8. The lowest BCUT2D eigenvalue weighted by atomic mass is 9.92. The van der Waals surface area contributed by atoms with Crippen molar-refractivity contribution >= 4 is 28.3 Å². The van der Waals surface area contributed by atoms with Crippen LogP contribution in [0.15, 0.2) is 66.7 Å². The molecule has 5 rings (SSSR count). The predicted molar refractivity (Wildman–Crippen MR) is 164 cm³/mol. The van der Waals surface area contributed by atoms with Gasteiger partial charge in [0.25, 0.3) is 0 Å². The second kappa shape index (κ2) is 11.7. The van der Waals surface area contributed by atoms with Crippen LogP contribution in [-0.4, -0.2) is 47.0 Å². The molecule has 210 valence electrons. The van der Waals surface area contributed by atoms with Crippen LogP contribution in [-0.2, 0) is 5.41 Å². The predicted octanol–water partition coefficient (Wildman–Crippen LogP) is 7.39. The number of nitrogens with zero attached hydrogens (tertiary/aromatic N) is 3. The van der Waals surface area contributed by atoms with Crippen LogP contribution < -0.4 is 15.4 Å². The van der Waals surface area contributed by atoms with Gasteiger partial charge in [0.15, 0.2) is 0 Å². The van der Waals surface area contributed by atoms with Gasteiger partial charge in [0.2, 0.25) is 0 Å². The fraction of sp³-hybridized carbons (Fsp3) is 0.394. The third kappa shape index (κ3) is 6.48. The Morgan fingerprint density at radius 2 is 1.68 bits per heavy atom. The van der Waals surface area contributed by atoms with Crippen molar-refractivity contribution in [1.82, 2.24) is 14.7 Å². The molecular weight excluding hydrogens is 498 g/mol. The zero-order valence-electron chi connectivity index (χ0n) is 24.3. The van der Waals surface area contributed by atoms with Crippen LogP contribution in [0.5, 0.6) is 5.75 Å². The molecule has 7 heteroatoms. The van der Waals surface area contributed by atoms with Crippen LogP contribution in [0.2, 0.25) is 0 Å². The molecule has 0 radical (unpaired) electrons. The first-order valence-corrected chi connectivity index (χ1v) is 14.3. The fourth-order valence-corrected chi connectivity index (χ4v) is 5.07. The molecule has 0 aliphatic carbocycles. The minimum absolute atomic E-state index is 0.165. The molecule has 3 aromatic carbocycles. The number of carbonyl (C=O) groups is 1. The highest BCUT2D eigenvalue weighted by atomic mass is 16.5. The maximum Gasteiger partial charge on any atom is 0.324 e. The number of rotatable bonds is 7. The van der Waals surface area contributed by atoms with Crippen molar-refractivity contribution in [3.8, 4) is 11.4 Å². The van der Waals surface area contributed by atoms with E-state index >= 15 is 0 Å². The zero-order chi connectivity index (χ0) is 28.3. The smallest absolute Gasteiger partial charge is 0.324 e. The monoisotopic (exact) mass is 539 g/mol. The van der Waals surface area contributed by atoms with Crippen LogP contribution in [0, 0.1) is 12.8 Å². The summed E-state index contributed by atoms with van der Waals surface area (Å²) in [5.41, 5.74) is 3.51. The number of piperidine rings is 1. The van der Waals surface area contributed by atoms with Crippen molar-refractivity contribution < 1.29 is 9.53 Å². The SMILES string of the molecule is Cc1ccc(-n2nc(C(C)(C)C)cc2NC(=O)Nc2ccc(OCCN3CCC(C)CC3)c3ccccc23)cc1. The van der Waals surface area contributed by atoms with Crippen LogP contribution >= 0.6 is 0 Å². The minimum atomic E-state index is -0.327. The van der Waals surface area contributed by atoms with Gasteiger partial charge in [-0.25, -0.2) is 9.48 Å². The zero-order valence-corrected chi connectivity index (χ0v) is 24.3. The van der Waals surface area contributed by atoms with Gasteiger partial charge in [-0.2, -0.15) is 5.10 Å². The summed E-state index contributed by atoms with van der Waals surface area (Å²) < 4.78 is 8.02. The van der Waals surface area contributed by atoms with Gasteiger partial charge in [-0.05, 0) is 63.0 Å². The first kappa shape index (κ1) is 27.7. The van der Waals surface area contributed by atoms with Crippen molar-refractivity contribution in [2.75, 3.05) is 36.9 Å². The molecule has 0 atom stereocenters. The number of aromatic nitrogens is 2. The lowest BCUT2D eigenvalue weighted by molar-refractivity contribution is 0.161. The number of aryl methyl sites for hydroxylation is 1. The van der Waals surface area contributed by atoms with E-state index in [1.54, 1.807) is 4.68 Å². The maximum atomic E-state index is 13.3. The van der Waals surface area contributed by atoms with E-state index in [0.717, 1.165) is 59.1 Å². The molecule has 0 unspecified atom stereocenters. The molecule has 1 aliphatic heterocycles. The normalized spacial score (nSPS) is 14.8. The number of nitrogens with one attached hydrogen (secondary N) is 2. The summed E-state index contributed by atoms with van der Waals surface area (Å²) in [6, 6.07) is 21.6. The highest BCUT2D eigenvalue weighted by Crippen LogP contribution is 2.32. The number of amides is 2. The molecular formula is C33H41N5O2. The average Bonchev–Trinajstić information content (AvgIpc) is 3.35. The Kier molecular flexibility index (Phi) is 8.12. The summed E-state index contributed by atoms with van der Waals surface area (Å²) in [6.45, 7) is 14.6. The molecule has 1 aromatic heterocycles. The molecule has 1 fully saturated rings. The number of anilines is 2. The summed E-state index contributed by atoms with van der Waals surface area (Å²) in [7, 11) is 0. The first-order chi connectivity index (χ1) is 19.2. The van der Waals surface area contributed by atoms with E-state index in [-0.39, 0.29) is 11.4 Å². The summed E-state index contributed by atoms with van der Waals surface area (Å²) in [6.07, 6.45) is 2.52. The lowest BCUT2D eigenvalue weighted by Gasteiger charge is -2.30. The number of likely N-dealkylation sites (tertiary alicyclic amines) is 1. The van der Waals surface area contributed by atoms with E-state index in [9.17, 15) is 4.79 Å². The third-order valence-corrected chi connectivity index (χ3v) is 7.67. The number of ether oxygens (including phenoxy) is 1. The number of benzene rings is 3. The molecule has 0 spiro atoms. The number of hydrogen-bond donors (Lipinski definition) is 2. The van der Waals surface area contributed by atoms with E-state index < -0.39 is 0 Å². The number of fused-ring (bicyclic) bond motifs is 1. The van der Waals surface area contributed by atoms with Crippen LogP contribution in [0.3, 0.4) is 0 Å². The van der Waals surface area contributed by atoms with Gasteiger partial charge in [-0.3, -0.25) is 10.2 Å². The maximum absolute atomic E-state index is 13.3. The topological polar surface area (TPSA) is 71.4 Å². The van der Waals surface area contributed by atoms with Crippen LogP contribution in [0.1, 0.15) is 51.8 Å². The number of urea groups is 1. The van der Waals surface area contributed by atoms with Gasteiger partial charge in [-0.1, -0.05) is 69.7 Å². The molecule has 2 amide bonds. The van der Waals surface area contributed by atoms with Gasteiger partial charge < -0.3 is 10.1 Å². The highest BCUT2D eigenvalue weighted by Gasteiger charge is 2.22. The molecule has 4 aromatic rings. The molecule has 0 saturated carbocycles. The fourth-order valence-electron chi connectivity index (χ4n) is 5.07. The van der Waals surface area contributed by atoms with Gasteiger partial charge >= 0.3 is 6.03 Å². The molecule has 0 bridgehead atoms. The van der Waals surface area contributed by atoms with E-state index in [4.69, 9.17) is 9.84 Å². The van der Waals surface area contributed by atoms with Crippen LogP contribution in [0.25, 0.3) is 16.5 Å². The summed E-state index contributed by atoms with van der Waals surface area (Å²) >= 11 is 0. The Bertz CT molecular complexity index is 1460. The lowest BCUT2D eigenvalue weighted by Crippen LogP contribution is -2.35. The largest absolute Gasteiger partial charge is 0.492 e. The highest BCUT2D eigenvalue weighted by molar-refractivity contribution is 6.07. The number of hydrogen-bond acceptors (Lipinski definition) is 4. The van der Waals surface area contributed by atoms with E-state index in [1.807, 2.05) is 66.7 Å². The summed E-state index contributed by atoms with van der Waals surface area (Å²) in [5.74, 6) is 2.27. The Morgan fingerprint density at radius 1 is 0.975 bits per heavy atom. The van der Waals surface area contributed by atoms with Gasteiger partial charge in [0, 0.05) is 28.8 Å². The molecule has 2 N–H and O–H groups in total.